The fraction of sp³-hybridized carbons (Fsp3) is 0.182. The number of aromatic nitrogens is 3. The highest BCUT2D eigenvalue weighted by atomic mass is 79.9. The first-order valence-corrected chi connectivity index (χ1v) is 6.35. The van der Waals surface area contributed by atoms with E-state index in [2.05, 4.69) is 36.2 Å². The Morgan fingerprint density at radius 1 is 1.11 bits per heavy atom. The van der Waals surface area contributed by atoms with Gasteiger partial charge in [0.2, 0.25) is 11.2 Å². The van der Waals surface area contributed by atoms with E-state index < -0.39 is 0 Å². The van der Waals surface area contributed by atoms with Crippen LogP contribution in [0.2, 0.25) is 5.28 Å². The lowest BCUT2D eigenvalue weighted by Gasteiger charge is -2.08. The fourth-order valence-electron chi connectivity index (χ4n) is 1.36. The molecule has 0 aliphatic heterocycles. The summed E-state index contributed by atoms with van der Waals surface area (Å²) in [6.45, 7) is 0. The monoisotopic (exact) mass is 344 g/mol. The van der Waals surface area contributed by atoms with E-state index in [1.54, 1.807) is 13.2 Å². The van der Waals surface area contributed by atoms with Crippen molar-refractivity contribution in [1.29, 1.82) is 0 Å². The number of halogens is 2. The molecule has 0 aliphatic carbocycles. The predicted molar refractivity (Wildman–Crippen MR) is 75.4 cm³/mol. The first-order valence-electron chi connectivity index (χ1n) is 5.18. The van der Waals surface area contributed by atoms with Gasteiger partial charge in [-0.2, -0.15) is 15.0 Å². The van der Waals surface area contributed by atoms with E-state index in [1.165, 1.54) is 7.11 Å². The Hall–Kier alpha value is -1.60. The summed E-state index contributed by atoms with van der Waals surface area (Å²) in [5.41, 5.74) is 0.746. The van der Waals surface area contributed by atoms with Gasteiger partial charge < -0.3 is 14.8 Å². The number of anilines is 2. The van der Waals surface area contributed by atoms with Gasteiger partial charge in [-0.25, -0.2) is 0 Å². The lowest BCUT2D eigenvalue weighted by Crippen LogP contribution is -2.02. The van der Waals surface area contributed by atoms with Crippen molar-refractivity contribution in [1.82, 2.24) is 15.0 Å². The SMILES string of the molecule is COc1cc(Br)cc(Nc2nc(Cl)nc(OC)n2)c1. The summed E-state index contributed by atoms with van der Waals surface area (Å²) in [6.07, 6.45) is 0. The minimum absolute atomic E-state index is 0.0521. The van der Waals surface area contributed by atoms with Gasteiger partial charge in [0.25, 0.3) is 0 Å². The summed E-state index contributed by atoms with van der Waals surface area (Å²) in [6, 6.07) is 5.64. The van der Waals surface area contributed by atoms with Crippen molar-refractivity contribution in [2.75, 3.05) is 19.5 Å². The molecule has 1 aromatic carbocycles. The molecular formula is C11H10BrClN4O2. The van der Waals surface area contributed by atoms with Gasteiger partial charge in [0, 0.05) is 16.2 Å². The number of rotatable bonds is 4. The number of nitrogens with one attached hydrogen (secondary N) is 1. The molecule has 1 heterocycles. The zero-order chi connectivity index (χ0) is 13.8. The van der Waals surface area contributed by atoms with Crippen LogP contribution in [0.4, 0.5) is 11.6 Å². The summed E-state index contributed by atoms with van der Waals surface area (Å²) in [5.74, 6) is 0.987. The maximum Gasteiger partial charge on any atom is 0.322 e. The van der Waals surface area contributed by atoms with Crippen molar-refractivity contribution in [3.8, 4) is 11.8 Å². The molecule has 0 radical (unpaired) electrons. The van der Waals surface area contributed by atoms with E-state index in [0.29, 0.717) is 5.75 Å². The molecule has 2 aromatic rings. The molecule has 1 aromatic heterocycles. The second-order valence-electron chi connectivity index (χ2n) is 3.42. The summed E-state index contributed by atoms with van der Waals surface area (Å²) >= 11 is 9.15. The molecule has 0 aliphatic rings. The molecule has 0 spiro atoms. The molecule has 0 bridgehead atoms. The number of hydrogen-bond donors (Lipinski definition) is 1. The van der Waals surface area contributed by atoms with Gasteiger partial charge in [-0.15, -0.1) is 0 Å². The minimum Gasteiger partial charge on any atom is -0.497 e. The zero-order valence-electron chi connectivity index (χ0n) is 10.1. The molecular weight excluding hydrogens is 336 g/mol. The number of ether oxygens (including phenoxy) is 2. The summed E-state index contributed by atoms with van der Waals surface area (Å²) in [5, 5.41) is 3.05. The quantitative estimate of drug-likeness (QED) is 0.918. The van der Waals surface area contributed by atoms with E-state index in [-0.39, 0.29) is 17.2 Å². The normalized spacial score (nSPS) is 10.1. The van der Waals surface area contributed by atoms with Gasteiger partial charge >= 0.3 is 6.01 Å². The highest BCUT2D eigenvalue weighted by Crippen LogP contribution is 2.26. The summed E-state index contributed by atoms with van der Waals surface area (Å²) < 4.78 is 11.0. The van der Waals surface area contributed by atoms with Gasteiger partial charge in [0.1, 0.15) is 5.75 Å². The first kappa shape index (κ1) is 13.8. The molecule has 0 saturated carbocycles. The van der Waals surface area contributed by atoms with Gasteiger partial charge in [-0.3, -0.25) is 0 Å². The van der Waals surface area contributed by atoms with E-state index in [1.807, 2.05) is 12.1 Å². The van der Waals surface area contributed by atoms with Crippen LogP contribution in [-0.4, -0.2) is 29.2 Å². The number of hydrogen-bond acceptors (Lipinski definition) is 6. The van der Waals surface area contributed by atoms with Crippen molar-refractivity contribution in [2.24, 2.45) is 0 Å². The average Bonchev–Trinajstić information content (AvgIpc) is 2.37. The third-order valence-electron chi connectivity index (χ3n) is 2.13. The van der Waals surface area contributed by atoms with Crippen LogP contribution in [0.3, 0.4) is 0 Å². The zero-order valence-corrected chi connectivity index (χ0v) is 12.5. The van der Waals surface area contributed by atoms with Crippen LogP contribution < -0.4 is 14.8 Å². The maximum atomic E-state index is 5.77. The second-order valence-corrected chi connectivity index (χ2v) is 4.67. The molecule has 8 heteroatoms. The summed E-state index contributed by atoms with van der Waals surface area (Å²) in [4.78, 5) is 11.8. The molecule has 1 N–H and O–H groups in total. The summed E-state index contributed by atoms with van der Waals surface area (Å²) in [7, 11) is 3.05. The van der Waals surface area contributed by atoms with Crippen molar-refractivity contribution in [2.45, 2.75) is 0 Å². The Morgan fingerprint density at radius 2 is 1.89 bits per heavy atom. The lowest BCUT2D eigenvalue weighted by atomic mass is 10.3. The van der Waals surface area contributed by atoms with Gasteiger partial charge in [0.15, 0.2) is 0 Å². The van der Waals surface area contributed by atoms with E-state index in [4.69, 9.17) is 21.1 Å². The molecule has 0 amide bonds. The van der Waals surface area contributed by atoms with Crippen LogP contribution in [0.1, 0.15) is 0 Å². The Kier molecular flexibility index (Phi) is 4.39. The molecule has 100 valence electrons. The molecule has 0 unspecified atom stereocenters. The maximum absolute atomic E-state index is 5.77. The van der Waals surface area contributed by atoms with Crippen LogP contribution >= 0.6 is 27.5 Å². The Labute approximate surface area is 123 Å². The Morgan fingerprint density at radius 3 is 2.58 bits per heavy atom. The molecule has 0 fully saturated rings. The minimum atomic E-state index is 0.0521. The largest absolute Gasteiger partial charge is 0.497 e. The smallest absolute Gasteiger partial charge is 0.322 e. The third kappa shape index (κ3) is 3.68. The van der Waals surface area contributed by atoms with Crippen molar-refractivity contribution in [3.05, 3.63) is 28.0 Å². The van der Waals surface area contributed by atoms with Crippen LogP contribution in [0.25, 0.3) is 0 Å². The van der Waals surface area contributed by atoms with Crippen molar-refractivity contribution in [3.63, 3.8) is 0 Å². The Balaban J connectivity index is 2.30. The lowest BCUT2D eigenvalue weighted by molar-refractivity contribution is 0.379. The van der Waals surface area contributed by atoms with Crippen LogP contribution in [-0.2, 0) is 0 Å². The second kappa shape index (κ2) is 6.03. The average molecular weight is 346 g/mol. The highest BCUT2D eigenvalue weighted by Gasteiger charge is 2.06. The molecule has 6 nitrogen and oxygen atoms in total. The van der Waals surface area contributed by atoms with Crippen LogP contribution in [0, 0.1) is 0 Å². The third-order valence-corrected chi connectivity index (χ3v) is 2.76. The number of nitrogens with zero attached hydrogens (tertiary/aromatic N) is 3. The predicted octanol–water partition coefficient (Wildman–Crippen LogP) is 3.05. The van der Waals surface area contributed by atoms with E-state index in [9.17, 15) is 0 Å². The molecule has 2 rings (SSSR count). The van der Waals surface area contributed by atoms with Gasteiger partial charge in [0.05, 0.1) is 14.2 Å². The van der Waals surface area contributed by atoms with Crippen LogP contribution in [0.15, 0.2) is 22.7 Å². The molecule has 0 atom stereocenters. The number of methoxy groups -OCH3 is 2. The topological polar surface area (TPSA) is 69.2 Å². The van der Waals surface area contributed by atoms with E-state index >= 15 is 0 Å². The van der Waals surface area contributed by atoms with Gasteiger partial charge in [-0.05, 0) is 23.7 Å². The molecule has 19 heavy (non-hydrogen) atoms. The number of benzene rings is 1. The van der Waals surface area contributed by atoms with Crippen LogP contribution in [0.5, 0.6) is 11.8 Å². The van der Waals surface area contributed by atoms with Gasteiger partial charge in [-0.1, -0.05) is 15.9 Å². The van der Waals surface area contributed by atoms with E-state index in [0.717, 1.165) is 10.2 Å². The standard InChI is InChI=1S/C11H10BrClN4O2/c1-18-8-4-6(12)3-7(5-8)14-10-15-9(13)16-11(17-10)19-2/h3-5H,1-2H3,(H,14,15,16,17). The van der Waals surface area contributed by atoms with Crippen molar-refractivity contribution >= 4 is 39.2 Å². The molecule has 0 saturated heterocycles. The first-order chi connectivity index (χ1) is 9.10. The Bertz CT molecular complexity index is 545. The fourth-order valence-corrected chi connectivity index (χ4v) is 1.99. The van der Waals surface area contributed by atoms with Crippen molar-refractivity contribution < 1.29 is 9.47 Å². The highest BCUT2D eigenvalue weighted by molar-refractivity contribution is 9.10.